The lowest BCUT2D eigenvalue weighted by Gasteiger charge is -2.10. The Kier molecular flexibility index (Phi) is 14.3. The van der Waals surface area contributed by atoms with Crippen molar-refractivity contribution < 1.29 is 37.6 Å². The molecule has 2 aromatic carbocycles. The Morgan fingerprint density at radius 1 is 0.442 bits per heavy atom. The Labute approximate surface area is 305 Å². The van der Waals surface area contributed by atoms with Gasteiger partial charge in [-0.25, -0.2) is 9.13 Å². The van der Waals surface area contributed by atoms with Crippen LogP contribution in [-0.2, 0) is 32.0 Å². The Bertz CT molecular complexity index is 1750. The number of ether oxygens (including phenoxy) is 6. The van der Waals surface area contributed by atoms with Crippen molar-refractivity contribution in [3.63, 3.8) is 0 Å². The third-order valence-electron chi connectivity index (χ3n) is 8.22. The zero-order valence-corrected chi connectivity index (χ0v) is 29.3. The van der Waals surface area contributed by atoms with Gasteiger partial charge in [0.1, 0.15) is 31.3 Å². The van der Waals surface area contributed by atoms with Crippen LogP contribution in [0.15, 0.2) is 135 Å². The molecule has 0 amide bonds. The van der Waals surface area contributed by atoms with Crippen molar-refractivity contribution in [2.24, 2.45) is 0 Å². The van der Waals surface area contributed by atoms with Crippen molar-refractivity contribution in [1.82, 2.24) is 9.97 Å². The van der Waals surface area contributed by atoms with Crippen LogP contribution in [0.5, 0.6) is 11.5 Å². The van der Waals surface area contributed by atoms with Gasteiger partial charge in [-0.3, -0.25) is 9.97 Å². The number of benzene rings is 2. The molecule has 10 heteroatoms. The number of hydrogen-bond donors (Lipinski definition) is 0. The molecule has 0 aliphatic rings. The average molecular weight is 702 g/mol. The van der Waals surface area contributed by atoms with Gasteiger partial charge in [0.2, 0.25) is 6.61 Å². The van der Waals surface area contributed by atoms with Gasteiger partial charge < -0.3 is 23.7 Å². The molecule has 0 radical (unpaired) electrons. The summed E-state index contributed by atoms with van der Waals surface area (Å²) in [6.45, 7) is 7.75. The maximum Gasteiger partial charge on any atom is 0.255 e. The fourth-order valence-corrected chi connectivity index (χ4v) is 5.42. The summed E-state index contributed by atoms with van der Waals surface area (Å²) in [5.41, 5.74) is 4.63. The molecule has 6 rings (SSSR count). The van der Waals surface area contributed by atoms with E-state index >= 15 is 0 Å². The normalized spacial score (nSPS) is 11.1. The Morgan fingerprint density at radius 2 is 0.885 bits per heavy atom. The molecule has 6 aromatic rings. The molecule has 0 fully saturated rings. The Balaban J connectivity index is 0.765. The Morgan fingerprint density at radius 3 is 1.42 bits per heavy atom. The van der Waals surface area contributed by atoms with E-state index in [2.05, 4.69) is 68.2 Å². The van der Waals surface area contributed by atoms with Gasteiger partial charge >= 0.3 is 0 Å². The summed E-state index contributed by atoms with van der Waals surface area (Å²) < 4.78 is 38.7. The number of rotatable bonds is 22. The van der Waals surface area contributed by atoms with E-state index in [-0.39, 0.29) is 0 Å². The standard InChI is InChI=1S/C42H45N4O6/c1-3-41(51-31-29-49-27-25-47-23-21-45-17-9-37(10-18-45)35-5-13-43-14-6-35)34-40-2-4-42(33-39(1)40)52-32-30-50-28-26-48-24-22-46-19-11-38(12-20-46)36-7-15-44-16-8-36/h1-20,25,33-34H,21-24,26-32H2/q+3. The molecular weight excluding hydrogens is 656 g/mol. The first-order chi connectivity index (χ1) is 25.8. The number of fused-ring (bicyclic) bond motifs is 1. The van der Waals surface area contributed by atoms with Crippen LogP contribution in [0.3, 0.4) is 0 Å². The van der Waals surface area contributed by atoms with Crippen molar-refractivity contribution >= 4 is 10.8 Å². The lowest BCUT2D eigenvalue weighted by atomic mass is 10.1. The fraction of sp³-hybridized carbons (Fsp3) is 0.262. The molecule has 0 unspecified atom stereocenters. The van der Waals surface area contributed by atoms with Crippen LogP contribution in [-0.4, -0.2) is 69.4 Å². The van der Waals surface area contributed by atoms with Crippen molar-refractivity contribution in [1.29, 1.82) is 0 Å². The van der Waals surface area contributed by atoms with Gasteiger partial charge in [-0.2, -0.15) is 4.74 Å². The van der Waals surface area contributed by atoms with Gasteiger partial charge in [0.05, 0.1) is 26.4 Å². The van der Waals surface area contributed by atoms with Crippen LogP contribution >= 0.6 is 0 Å². The summed E-state index contributed by atoms with van der Waals surface area (Å²) in [7, 11) is 0. The van der Waals surface area contributed by atoms with Crippen LogP contribution in [0.1, 0.15) is 0 Å². The van der Waals surface area contributed by atoms with Gasteiger partial charge in [-0.05, 0) is 81.6 Å². The van der Waals surface area contributed by atoms with Crippen LogP contribution in [0.4, 0.5) is 0 Å². The predicted octanol–water partition coefficient (Wildman–Crippen LogP) is 5.92. The summed E-state index contributed by atoms with van der Waals surface area (Å²) in [5, 5.41) is 2.16. The summed E-state index contributed by atoms with van der Waals surface area (Å²) in [6, 6.07) is 28.4. The van der Waals surface area contributed by atoms with Gasteiger partial charge in [0, 0.05) is 49.1 Å². The monoisotopic (exact) mass is 701 g/mol. The topological polar surface area (TPSA) is 88.9 Å². The zero-order chi connectivity index (χ0) is 35.5. The third-order valence-corrected chi connectivity index (χ3v) is 8.22. The second-order valence-corrected chi connectivity index (χ2v) is 11.8. The maximum atomic E-state index is 5.90. The van der Waals surface area contributed by atoms with E-state index < -0.39 is 0 Å². The van der Waals surface area contributed by atoms with Gasteiger partial charge in [-0.15, -0.1) is 0 Å². The first-order valence-electron chi connectivity index (χ1n) is 17.6. The van der Waals surface area contributed by atoms with E-state index in [0.29, 0.717) is 59.5 Å². The van der Waals surface area contributed by atoms with Gasteiger partial charge in [0.15, 0.2) is 44.5 Å². The van der Waals surface area contributed by atoms with Crippen LogP contribution < -0.4 is 18.6 Å². The first kappa shape index (κ1) is 36.4. The molecule has 4 aromatic heterocycles. The lowest BCUT2D eigenvalue weighted by molar-refractivity contribution is -0.698. The highest BCUT2D eigenvalue weighted by Crippen LogP contribution is 2.25. The molecule has 0 atom stereocenters. The highest BCUT2D eigenvalue weighted by molar-refractivity contribution is 5.85. The molecule has 52 heavy (non-hydrogen) atoms. The second kappa shape index (κ2) is 20.5. The molecule has 0 aliphatic heterocycles. The van der Waals surface area contributed by atoms with E-state index in [1.165, 1.54) is 5.56 Å². The second-order valence-electron chi connectivity index (χ2n) is 11.8. The molecule has 0 saturated carbocycles. The van der Waals surface area contributed by atoms with Crippen LogP contribution in [0.2, 0.25) is 0 Å². The molecular formula is C42H45N4O6+3. The predicted molar refractivity (Wildman–Crippen MR) is 197 cm³/mol. The summed E-state index contributed by atoms with van der Waals surface area (Å²) >= 11 is 0. The number of hydrogen-bond acceptors (Lipinski definition) is 8. The van der Waals surface area contributed by atoms with Crippen LogP contribution in [0, 0.1) is 6.61 Å². The lowest BCUT2D eigenvalue weighted by Crippen LogP contribution is -2.35. The minimum atomic E-state index is 0.401. The molecule has 0 spiro atoms. The third kappa shape index (κ3) is 11.9. The van der Waals surface area contributed by atoms with Crippen molar-refractivity contribution in [2.45, 2.75) is 13.1 Å². The molecule has 4 heterocycles. The molecule has 10 nitrogen and oxygen atoms in total. The van der Waals surface area contributed by atoms with Gasteiger partial charge in [-0.1, -0.05) is 12.1 Å². The van der Waals surface area contributed by atoms with E-state index in [0.717, 1.165) is 52.1 Å². The van der Waals surface area contributed by atoms with E-state index in [9.17, 15) is 0 Å². The number of nitrogens with zero attached hydrogens (tertiary/aromatic N) is 4. The number of pyridine rings is 4. The van der Waals surface area contributed by atoms with Crippen molar-refractivity contribution in [3.05, 3.63) is 141 Å². The van der Waals surface area contributed by atoms with Crippen molar-refractivity contribution in [2.75, 3.05) is 59.5 Å². The fourth-order valence-electron chi connectivity index (χ4n) is 5.42. The minimum absolute atomic E-state index is 0.401. The minimum Gasteiger partial charge on any atom is -0.491 e. The summed E-state index contributed by atoms with van der Waals surface area (Å²) in [6.07, 6.45) is 15.4. The van der Waals surface area contributed by atoms with E-state index in [1.54, 1.807) is 31.4 Å². The van der Waals surface area contributed by atoms with Crippen LogP contribution in [0.25, 0.3) is 33.0 Å². The quantitative estimate of drug-likeness (QED) is 0.0490. The highest BCUT2D eigenvalue weighted by Gasteiger charge is 2.08. The largest absolute Gasteiger partial charge is 0.491 e. The highest BCUT2D eigenvalue weighted by atomic mass is 16.5. The average Bonchev–Trinajstić information content (AvgIpc) is 3.20. The number of aromatic nitrogens is 4. The molecule has 0 aliphatic carbocycles. The summed E-state index contributed by atoms with van der Waals surface area (Å²) in [4.78, 5) is 8.14. The molecule has 266 valence electrons. The van der Waals surface area contributed by atoms with E-state index in [1.807, 2.05) is 60.7 Å². The van der Waals surface area contributed by atoms with Gasteiger partial charge in [0.25, 0.3) is 6.61 Å². The maximum absolute atomic E-state index is 5.90. The molecule has 0 saturated heterocycles. The Hall–Kier alpha value is -5.39. The smallest absolute Gasteiger partial charge is 0.255 e. The van der Waals surface area contributed by atoms with Crippen molar-refractivity contribution in [3.8, 4) is 33.8 Å². The SMILES string of the molecule is c1cc(-c2cc[n+](CCO[CH+]COCCOc3ccc4cc(OCCOCCOCC[n+]5ccc(-c6ccncc6)cc5)ccc4c3)cc2)ccn1. The molecule has 0 bridgehead atoms. The summed E-state index contributed by atoms with van der Waals surface area (Å²) in [5.74, 6) is 1.60. The first-order valence-corrected chi connectivity index (χ1v) is 17.6. The van der Waals surface area contributed by atoms with E-state index in [4.69, 9.17) is 28.4 Å². The zero-order valence-electron chi connectivity index (χ0n) is 29.3. The molecule has 0 N–H and O–H groups in total.